The number of nitrogens with zero attached hydrogens (tertiary/aromatic N) is 1. The Morgan fingerprint density at radius 2 is 1.92 bits per heavy atom. The van der Waals surface area contributed by atoms with Crippen LogP contribution >= 0.6 is 11.3 Å². The Labute approximate surface area is 149 Å². The maximum atomic E-state index is 12.4. The first-order chi connectivity index (χ1) is 12.0. The van der Waals surface area contributed by atoms with Crippen molar-refractivity contribution >= 4 is 32.6 Å². The van der Waals surface area contributed by atoms with Crippen molar-refractivity contribution in [3.63, 3.8) is 0 Å². The third kappa shape index (κ3) is 3.51. The molecule has 130 valence electrons. The van der Waals surface area contributed by atoms with Gasteiger partial charge < -0.3 is 9.47 Å². The van der Waals surface area contributed by atoms with E-state index in [0.29, 0.717) is 22.2 Å². The highest BCUT2D eigenvalue weighted by Gasteiger charge is 2.14. The van der Waals surface area contributed by atoms with Gasteiger partial charge in [-0.1, -0.05) is 17.4 Å². The molecule has 2 aromatic carbocycles. The molecule has 3 rings (SSSR count). The number of hydrazine groups is 1. The first kappa shape index (κ1) is 17.0. The van der Waals surface area contributed by atoms with Crippen molar-refractivity contribution in [3.8, 4) is 11.5 Å². The summed E-state index contributed by atoms with van der Waals surface area (Å²) in [7, 11) is 3.07. The van der Waals surface area contributed by atoms with Crippen molar-refractivity contribution < 1.29 is 14.3 Å². The van der Waals surface area contributed by atoms with Crippen LogP contribution in [0.4, 0.5) is 5.13 Å². The van der Waals surface area contributed by atoms with Crippen molar-refractivity contribution in [2.24, 2.45) is 0 Å². The van der Waals surface area contributed by atoms with Gasteiger partial charge in [0.05, 0.1) is 30.0 Å². The van der Waals surface area contributed by atoms with E-state index in [4.69, 9.17) is 9.47 Å². The molecule has 0 fully saturated rings. The van der Waals surface area contributed by atoms with Gasteiger partial charge in [0.1, 0.15) is 11.5 Å². The Morgan fingerprint density at radius 1 is 1.12 bits per heavy atom. The van der Waals surface area contributed by atoms with Gasteiger partial charge in [-0.2, -0.15) is 0 Å². The quantitative estimate of drug-likeness (QED) is 0.682. The van der Waals surface area contributed by atoms with Gasteiger partial charge in [-0.15, -0.1) is 0 Å². The predicted octanol–water partition coefficient (Wildman–Crippen LogP) is 3.69. The van der Waals surface area contributed by atoms with Crippen LogP contribution in [0.3, 0.4) is 0 Å². The van der Waals surface area contributed by atoms with Crippen LogP contribution in [-0.2, 0) is 0 Å². The Morgan fingerprint density at radius 3 is 2.64 bits per heavy atom. The lowest BCUT2D eigenvalue weighted by Gasteiger charge is -2.10. The number of hydrogen-bond donors (Lipinski definition) is 2. The van der Waals surface area contributed by atoms with Crippen LogP contribution in [0.1, 0.15) is 21.5 Å². The molecule has 0 aliphatic heterocycles. The standard InChI is InChI=1S/C18H19N3O3S/c1-10-7-11(2)16-14(8-10)19-18(25-16)21-20-17(22)13-6-5-12(23-3)9-15(13)24-4/h5-9H,1-4H3,(H,19,21)(H,20,22). The molecule has 3 aromatic rings. The fourth-order valence-corrected chi connectivity index (χ4v) is 3.46. The number of anilines is 1. The van der Waals surface area contributed by atoms with Gasteiger partial charge in [0, 0.05) is 6.07 Å². The zero-order chi connectivity index (χ0) is 18.0. The van der Waals surface area contributed by atoms with Crippen LogP contribution < -0.4 is 20.3 Å². The molecular formula is C18H19N3O3S. The number of thiazole rings is 1. The minimum Gasteiger partial charge on any atom is -0.497 e. The average Bonchev–Trinajstić information content (AvgIpc) is 3.02. The molecule has 0 saturated carbocycles. The molecule has 1 amide bonds. The number of carbonyl (C=O) groups excluding carboxylic acids is 1. The van der Waals surface area contributed by atoms with Gasteiger partial charge in [-0.25, -0.2) is 4.98 Å². The topological polar surface area (TPSA) is 72.5 Å². The lowest BCUT2D eigenvalue weighted by Crippen LogP contribution is -2.29. The molecule has 1 heterocycles. The van der Waals surface area contributed by atoms with Gasteiger partial charge in [0.25, 0.3) is 5.91 Å². The molecule has 0 aliphatic rings. The van der Waals surface area contributed by atoms with Crippen LogP contribution in [-0.4, -0.2) is 25.1 Å². The largest absolute Gasteiger partial charge is 0.497 e. The lowest BCUT2D eigenvalue weighted by atomic mass is 10.1. The Balaban J connectivity index is 1.77. The number of hydrogen-bond acceptors (Lipinski definition) is 6. The molecule has 2 N–H and O–H groups in total. The van der Waals surface area contributed by atoms with Crippen molar-refractivity contribution in [2.45, 2.75) is 13.8 Å². The molecule has 0 saturated heterocycles. The number of ether oxygens (including phenoxy) is 2. The summed E-state index contributed by atoms with van der Waals surface area (Å²) in [6.45, 7) is 4.09. The summed E-state index contributed by atoms with van der Waals surface area (Å²) in [6.07, 6.45) is 0. The number of methoxy groups -OCH3 is 2. The molecular weight excluding hydrogens is 338 g/mol. The van der Waals surface area contributed by atoms with Crippen molar-refractivity contribution in [3.05, 3.63) is 47.0 Å². The highest BCUT2D eigenvalue weighted by atomic mass is 32.1. The highest BCUT2D eigenvalue weighted by Crippen LogP contribution is 2.29. The first-order valence-electron chi connectivity index (χ1n) is 7.68. The summed E-state index contributed by atoms with van der Waals surface area (Å²) >= 11 is 1.50. The highest BCUT2D eigenvalue weighted by molar-refractivity contribution is 7.22. The summed E-state index contributed by atoms with van der Waals surface area (Å²) in [4.78, 5) is 16.9. The van der Waals surface area contributed by atoms with Crippen LogP contribution in [0.25, 0.3) is 10.2 Å². The van der Waals surface area contributed by atoms with Gasteiger partial charge in [-0.05, 0) is 43.2 Å². The second kappa shape index (κ2) is 6.98. The number of aromatic nitrogens is 1. The summed E-state index contributed by atoms with van der Waals surface area (Å²) in [5.41, 5.74) is 9.20. The molecule has 0 aliphatic carbocycles. The number of aryl methyl sites for hydroxylation is 2. The predicted molar refractivity (Wildman–Crippen MR) is 99.7 cm³/mol. The lowest BCUT2D eigenvalue weighted by molar-refractivity contribution is 0.0959. The second-order valence-corrected chi connectivity index (χ2v) is 6.59. The fourth-order valence-electron chi connectivity index (χ4n) is 2.59. The smallest absolute Gasteiger partial charge is 0.273 e. The minimum atomic E-state index is -0.313. The normalized spacial score (nSPS) is 10.6. The summed E-state index contributed by atoms with van der Waals surface area (Å²) in [5, 5.41) is 0.629. The Bertz CT molecular complexity index is 937. The van der Waals surface area contributed by atoms with E-state index in [2.05, 4.69) is 28.8 Å². The molecule has 6 nitrogen and oxygen atoms in total. The molecule has 0 bridgehead atoms. The van der Waals surface area contributed by atoms with Crippen LogP contribution in [0.5, 0.6) is 11.5 Å². The van der Waals surface area contributed by atoms with E-state index in [1.54, 1.807) is 25.3 Å². The van der Waals surface area contributed by atoms with E-state index in [-0.39, 0.29) is 5.91 Å². The Hall–Kier alpha value is -2.80. The molecule has 0 spiro atoms. The van der Waals surface area contributed by atoms with Crippen molar-refractivity contribution in [1.29, 1.82) is 0 Å². The van der Waals surface area contributed by atoms with Gasteiger partial charge >= 0.3 is 0 Å². The van der Waals surface area contributed by atoms with Crippen molar-refractivity contribution in [1.82, 2.24) is 10.4 Å². The molecule has 0 radical (unpaired) electrons. The van der Waals surface area contributed by atoms with Gasteiger partial charge in [0.15, 0.2) is 0 Å². The maximum absolute atomic E-state index is 12.4. The molecule has 1 aromatic heterocycles. The molecule has 25 heavy (non-hydrogen) atoms. The van der Waals surface area contributed by atoms with E-state index < -0.39 is 0 Å². The van der Waals surface area contributed by atoms with Gasteiger partial charge in [-0.3, -0.25) is 15.6 Å². The van der Waals surface area contributed by atoms with Crippen LogP contribution in [0.2, 0.25) is 0 Å². The summed E-state index contributed by atoms with van der Waals surface area (Å²) in [6, 6.07) is 9.17. The molecule has 0 atom stereocenters. The first-order valence-corrected chi connectivity index (χ1v) is 8.49. The van der Waals surface area contributed by atoms with Gasteiger partial charge in [0.2, 0.25) is 5.13 Å². The Kier molecular flexibility index (Phi) is 4.76. The van der Waals surface area contributed by atoms with E-state index in [1.165, 1.54) is 24.0 Å². The van der Waals surface area contributed by atoms with Crippen molar-refractivity contribution in [2.75, 3.05) is 19.6 Å². The number of nitrogens with one attached hydrogen (secondary N) is 2. The fraction of sp³-hybridized carbons (Fsp3) is 0.222. The SMILES string of the molecule is COc1ccc(C(=O)NNc2nc3cc(C)cc(C)c3s2)c(OC)c1. The third-order valence-corrected chi connectivity index (χ3v) is 4.88. The van der Waals surface area contributed by atoms with Crippen LogP contribution in [0.15, 0.2) is 30.3 Å². The third-order valence-electron chi connectivity index (χ3n) is 3.76. The number of amides is 1. The zero-order valence-corrected chi connectivity index (χ0v) is 15.3. The number of benzene rings is 2. The monoisotopic (exact) mass is 357 g/mol. The van der Waals surface area contributed by atoms with E-state index in [9.17, 15) is 4.79 Å². The number of carbonyl (C=O) groups is 1. The molecule has 7 heteroatoms. The number of rotatable bonds is 5. The van der Waals surface area contributed by atoms with Crippen LogP contribution in [0, 0.1) is 13.8 Å². The molecule has 0 unspecified atom stereocenters. The number of fused-ring (bicyclic) bond motifs is 1. The zero-order valence-electron chi connectivity index (χ0n) is 14.5. The minimum absolute atomic E-state index is 0.313. The van der Waals surface area contributed by atoms with E-state index in [0.717, 1.165) is 15.8 Å². The van der Waals surface area contributed by atoms with E-state index in [1.807, 2.05) is 13.0 Å². The summed E-state index contributed by atoms with van der Waals surface area (Å²) < 4.78 is 11.5. The second-order valence-electron chi connectivity index (χ2n) is 5.59. The maximum Gasteiger partial charge on any atom is 0.273 e. The average molecular weight is 357 g/mol. The summed E-state index contributed by atoms with van der Waals surface area (Å²) in [5.74, 6) is 0.749. The van der Waals surface area contributed by atoms with E-state index >= 15 is 0 Å².